The number of aliphatic hydroxyl groups is 1. The third-order valence-corrected chi connectivity index (χ3v) is 1.78. The summed E-state index contributed by atoms with van der Waals surface area (Å²) in [7, 11) is 0. The van der Waals surface area contributed by atoms with Crippen molar-refractivity contribution in [3.8, 4) is 0 Å². The number of carbonyl (C=O) groups excluding carboxylic acids is 2. The molecule has 11 heavy (non-hydrogen) atoms. The molecule has 64 valence electrons. The Morgan fingerprint density at radius 1 is 1.82 bits per heavy atom. The van der Waals surface area contributed by atoms with Crippen LogP contribution in [0.25, 0.3) is 0 Å². The third-order valence-electron chi connectivity index (χ3n) is 1.21. The van der Waals surface area contributed by atoms with Gasteiger partial charge in [0.05, 0.1) is 6.61 Å². The van der Waals surface area contributed by atoms with Gasteiger partial charge >= 0.3 is 0 Å². The summed E-state index contributed by atoms with van der Waals surface area (Å²) in [6.45, 7) is 0.844. The first-order valence-electron chi connectivity index (χ1n) is 3.07. The molecule has 0 bridgehead atoms. The van der Waals surface area contributed by atoms with E-state index in [2.05, 4.69) is 17.9 Å². The Labute approximate surface area is 70.4 Å². The number of hydrogen-bond donors (Lipinski definition) is 3. The highest BCUT2D eigenvalue weighted by atomic mass is 32.1. The Balaban J connectivity index is 4.28. The van der Waals surface area contributed by atoms with Crippen LogP contribution in [0.1, 0.15) is 6.92 Å². The lowest BCUT2D eigenvalue weighted by Crippen LogP contribution is -2.53. The predicted octanol–water partition coefficient (Wildman–Crippen LogP) is -1.02. The molecule has 1 atom stereocenters. The number of nitrogens with one attached hydrogen (secondary N) is 1. The fourth-order valence-electron chi connectivity index (χ4n) is 0.584. The van der Waals surface area contributed by atoms with Gasteiger partial charge < -0.3 is 15.2 Å². The van der Waals surface area contributed by atoms with Gasteiger partial charge in [0.1, 0.15) is 11.8 Å². The molecule has 0 aliphatic rings. The van der Waals surface area contributed by atoms with E-state index >= 15 is 0 Å². The number of hydrogen-bond acceptors (Lipinski definition) is 4. The van der Waals surface area contributed by atoms with Crippen molar-refractivity contribution in [2.45, 2.75) is 12.5 Å². The molecule has 0 aliphatic heterocycles. The van der Waals surface area contributed by atoms with Crippen molar-refractivity contribution in [2.24, 2.45) is 0 Å². The van der Waals surface area contributed by atoms with Crippen LogP contribution in [-0.4, -0.2) is 35.2 Å². The van der Waals surface area contributed by atoms with E-state index in [1.54, 1.807) is 0 Å². The van der Waals surface area contributed by atoms with Crippen LogP contribution >= 0.6 is 12.6 Å². The summed E-state index contributed by atoms with van der Waals surface area (Å²) in [6.07, 6.45) is 0.488. The molecular formula is C6H11NO3S. The first kappa shape index (κ1) is 10.4. The summed E-state index contributed by atoms with van der Waals surface area (Å²) in [4.78, 5) is 20.9. The minimum Gasteiger partial charge on any atom is -0.393 e. The van der Waals surface area contributed by atoms with E-state index in [4.69, 9.17) is 5.11 Å². The van der Waals surface area contributed by atoms with Crippen LogP contribution in [0.4, 0.5) is 0 Å². The van der Waals surface area contributed by atoms with Crippen molar-refractivity contribution < 1.29 is 14.7 Å². The number of rotatable bonds is 4. The van der Waals surface area contributed by atoms with Crippen molar-refractivity contribution in [3.63, 3.8) is 0 Å². The van der Waals surface area contributed by atoms with E-state index in [9.17, 15) is 9.59 Å². The van der Waals surface area contributed by atoms with Gasteiger partial charge in [-0.1, -0.05) is 0 Å². The fraction of sp³-hybridized carbons (Fsp3) is 0.667. The Morgan fingerprint density at radius 3 is 2.45 bits per heavy atom. The molecule has 0 saturated carbocycles. The third kappa shape index (κ3) is 2.90. The number of carbonyl (C=O) groups is 2. The Bertz CT molecular complexity index is 156. The van der Waals surface area contributed by atoms with Gasteiger partial charge in [-0.25, -0.2) is 0 Å². The molecule has 0 aromatic rings. The maximum Gasteiger partial charge on any atom is 0.217 e. The summed E-state index contributed by atoms with van der Waals surface area (Å²) in [5, 5.41) is 11.0. The van der Waals surface area contributed by atoms with E-state index in [1.165, 1.54) is 6.92 Å². The molecule has 0 aliphatic carbocycles. The SMILES string of the molecule is CC(=O)NC(C=O)(CO)CS. The molecular weight excluding hydrogens is 166 g/mol. The molecule has 0 aromatic carbocycles. The Morgan fingerprint density at radius 2 is 2.36 bits per heavy atom. The van der Waals surface area contributed by atoms with Crippen LogP contribution in [0.2, 0.25) is 0 Å². The van der Waals surface area contributed by atoms with Crippen molar-refractivity contribution >= 4 is 24.8 Å². The maximum absolute atomic E-state index is 10.5. The molecule has 1 amide bonds. The van der Waals surface area contributed by atoms with E-state index in [1.807, 2.05) is 0 Å². The second-order valence-corrected chi connectivity index (χ2v) is 2.59. The van der Waals surface area contributed by atoms with Crippen LogP contribution in [-0.2, 0) is 9.59 Å². The van der Waals surface area contributed by atoms with Gasteiger partial charge in [0.25, 0.3) is 0 Å². The lowest BCUT2D eigenvalue weighted by Gasteiger charge is -2.23. The van der Waals surface area contributed by atoms with Gasteiger partial charge in [-0.05, 0) is 0 Å². The first-order valence-corrected chi connectivity index (χ1v) is 3.70. The Kier molecular flexibility index (Phi) is 4.14. The van der Waals surface area contributed by atoms with Gasteiger partial charge in [0.15, 0.2) is 0 Å². The molecule has 0 fully saturated rings. The average molecular weight is 177 g/mol. The van der Waals surface area contributed by atoms with Gasteiger partial charge in [-0.15, -0.1) is 0 Å². The normalized spacial score (nSPS) is 15.2. The van der Waals surface area contributed by atoms with E-state index in [0.29, 0.717) is 6.29 Å². The monoisotopic (exact) mass is 177 g/mol. The van der Waals surface area contributed by atoms with Crippen LogP contribution in [0, 0.1) is 0 Å². The number of thiol groups is 1. The van der Waals surface area contributed by atoms with Gasteiger partial charge in [0.2, 0.25) is 5.91 Å². The number of aliphatic hydroxyl groups excluding tert-OH is 1. The molecule has 0 aromatic heterocycles. The molecule has 0 heterocycles. The molecule has 4 nitrogen and oxygen atoms in total. The number of amides is 1. The highest BCUT2D eigenvalue weighted by molar-refractivity contribution is 7.80. The van der Waals surface area contributed by atoms with Gasteiger partial charge in [0, 0.05) is 12.7 Å². The molecule has 0 spiro atoms. The molecule has 0 saturated heterocycles. The standard InChI is InChI=1S/C6H11NO3S/c1-5(10)7-6(2-8,3-9)4-11/h2,9,11H,3-4H2,1H3,(H,7,10). The average Bonchev–Trinajstić information content (AvgIpc) is 2.00. The van der Waals surface area contributed by atoms with Gasteiger partial charge in [-0.2, -0.15) is 12.6 Å². The summed E-state index contributed by atoms with van der Waals surface area (Å²) < 4.78 is 0. The lowest BCUT2D eigenvalue weighted by molar-refractivity contribution is -0.125. The van der Waals surface area contributed by atoms with Crippen LogP contribution in [0.3, 0.4) is 0 Å². The maximum atomic E-state index is 10.5. The summed E-state index contributed by atoms with van der Waals surface area (Å²) >= 11 is 3.83. The fourth-order valence-corrected chi connectivity index (χ4v) is 0.837. The quantitative estimate of drug-likeness (QED) is 0.380. The topological polar surface area (TPSA) is 66.4 Å². The highest BCUT2D eigenvalue weighted by Crippen LogP contribution is 2.01. The van der Waals surface area contributed by atoms with E-state index in [0.717, 1.165) is 0 Å². The summed E-state index contributed by atoms with van der Waals surface area (Å²) in [5.74, 6) is -0.271. The molecule has 5 heteroatoms. The predicted molar refractivity (Wildman–Crippen MR) is 43.6 cm³/mol. The zero-order valence-corrected chi connectivity index (χ0v) is 7.10. The second-order valence-electron chi connectivity index (χ2n) is 2.27. The zero-order valence-electron chi connectivity index (χ0n) is 6.20. The number of aldehydes is 1. The van der Waals surface area contributed by atoms with Crippen molar-refractivity contribution in [3.05, 3.63) is 0 Å². The molecule has 1 unspecified atom stereocenters. The minimum atomic E-state index is -1.21. The zero-order chi connectivity index (χ0) is 8.91. The summed E-state index contributed by atoms with van der Waals surface area (Å²) in [5.41, 5.74) is -1.21. The van der Waals surface area contributed by atoms with Crippen molar-refractivity contribution in [1.29, 1.82) is 0 Å². The lowest BCUT2D eigenvalue weighted by atomic mass is 10.1. The molecule has 0 rings (SSSR count). The van der Waals surface area contributed by atoms with Crippen LogP contribution in [0.15, 0.2) is 0 Å². The van der Waals surface area contributed by atoms with E-state index < -0.39 is 12.1 Å². The van der Waals surface area contributed by atoms with Crippen LogP contribution < -0.4 is 5.32 Å². The Hall–Kier alpha value is -0.550. The van der Waals surface area contributed by atoms with E-state index in [-0.39, 0.29) is 11.7 Å². The van der Waals surface area contributed by atoms with Crippen molar-refractivity contribution in [1.82, 2.24) is 5.32 Å². The van der Waals surface area contributed by atoms with Gasteiger partial charge in [-0.3, -0.25) is 4.79 Å². The largest absolute Gasteiger partial charge is 0.393 e. The smallest absolute Gasteiger partial charge is 0.217 e. The molecule has 2 N–H and O–H groups in total. The minimum absolute atomic E-state index is 0.0899. The summed E-state index contributed by atoms with van der Waals surface area (Å²) in [6, 6.07) is 0. The molecule has 0 radical (unpaired) electrons. The van der Waals surface area contributed by atoms with Crippen LogP contribution in [0.5, 0.6) is 0 Å². The first-order chi connectivity index (χ1) is 5.10. The van der Waals surface area contributed by atoms with Crippen molar-refractivity contribution in [2.75, 3.05) is 12.4 Å². The highest BCUT2D eigenvalue weighted by Gasteiger charge is 2.27. The second kappa shape index (κ2) is 4.35.